The molecule has 1 saturated carbocycles. The number of hydrogen-bond acceptors (Lipinski definition) is 5. The molecular formula is C26H32F6N4O3. The van der Waals surface area contributed by atoms with E-state index in [4.69, 9.17) is 0 Å². The van der Waals surface area contributed by atoms with Gasteiger partial charge in [-0.25, -0.2) is 0 Å². The number of amides is 3. The van der Waals surface area contributed by atoms with E-state index >= 15 is 0 Å². The van der Waals surface area contributed by atoms with Crippen molar-refractivity contribution in [1.82, 2.24) is 15.5 Å². The van der Waals surface area contributed by atoms with Crippen molar-refractivity contribution in [3.05, 3.63) is 29.3 Å². The topological polar surface area (TPSA) is 81.8 Å². The molecular weight excluding hydrogens is 530 g/mol. The maximum Gasteiger partial charge on any atom is 0.390 e. The number of halogens is 6. The summed E-state index contributed by atoms with van der Waals surface area (Å²) in [6, 6.07) is 3.99. The van der Waals surface area contributed by atoms with E-state index in [1.165, 1.54) is 4.90 Å². The first-order valence-electron chi connectivity index (χ1n) is 13.2. The molecule has 1 aromatic rings. The van der Waals surface area contributed by atoms with Crippen molar-refractivity contribution < 1.29 is 40.7 Å². The van der Waals surface area contributed by atoms with Crippen LogP contribution in [-0.4, -0.2) is 66.2 Å². The zero-order chi connectivity index (χ0) is 28.4. The van der Waals surface area contributed by atoms with Gasteiger partial charge >= 0.3 is 12.4 Å². The molecule has 2 aliphatic heterocycles. The third kappa shape index (κ3) is 7.43. The first kappa shape index (κ1) is 29.2. The SMILES string of the molecule is O=C1CCC(N2Cc3c(cccc3N(CCCC(F)(F)F)C3CCC(NCCC(F)(F)F)CC3)C2=O)C(=O)N1. The van der Waals surface area contributed by atoms with Crippen LogP contribution in [0.25, 0.3) is 0 Å². The van der Waals surface area contributed by atoms with Crippen LogP contribution in [0.2, 0.25) is 0 Å². The molecule has 0 bridgehead atoms. The first-order chi connectivity index (χ1) is 18.3. The number of piperidine rings is 1. The third-order valence-electron chi connectivity index (χ3n) is 7.71. The van der Waals surface area contributed by atoms with Gasteiger partial charge in [0.1, 0.15) is 6.04 Å². The maximum absolute atomic E-state index is 13.2. The number of alkyl halides is 6. The molecule has 1 atom stereocenters. The summed E-state index contributed by atoms with van der Waals surface area (Å²) in [5, 5.41) is 5.19. The monoisotopic (exact) mass is 562 g/mol. The highest BCUT2D eigenvalue weighted by Crippen LogP contribution is 2.37. The second kappa shape index (κ2) is 11.7. The van der Waals surface area contributed by atoms with Gasteiger partial charge < -0.3 is 15.1 Å². The van der Waals surface area contributed by atoms with Crippen molar-refractivity contribution in [2.75, 3.05) is 18.0 Å². The van der Waals surface area contributed by atoms with Gasteiger partial charge in [-0.1, -0.05) is 6.07 Å². The highest BCUT2D eigenvalue weighted by molar-refractivity contribution is 6.06. The predicted molar refractivity (Wildman–Crippen MR) is 130 cm³/mol. The zero-order valence-electron chi connectivity index (χ0n) is 21.3. The molecule has 7 nitrogen and oxygen atoms in total. The number of benzene rings is 1. The highest BCUT2D eigenvalue weighted by Gasteiger charge is 2.41. The van der Waals surface area contributed by atoms with Crippen LogP contribution in [0, 0.1) is 0 Å². The summed E-state index contributed by atoms with van der Waals surface area (Å²) in [5.41, 5.74) is 1.64. The Morgan fingerprint density at radius 2 is 1.64 bits per heavy atom. The van der Waals surface area contributed by atoms with Gasteiger partial charge in [-0.2, -0.15) is 26.3 Å². The van der Waals surface area contributed by atoms with Crippen molar-refractivity contribution >= 4 is 23.4 Å². The molecule has 216 valence electrons. The highest BCUT2D eigenvalue weighted by atomic mass is 19.4. The molecule has 39 heavy (non-hydrogen) atoms. The summed E-state index contributed by atoms with van der Waals surface area (Å²) in [5.74, 6) is -1.32. The number of fused-ring (bicyclic) bond motifs is 1. The summed E-state index contributed by atoms with van der Waals surface area (Å²) >= 11 is 0. The first-order valence-corrected chi connectivity index (χ1v) is 13.2. The van der Waals surface area contributed by atoms with Crippen LogP contribution in [0.1, 0.15) is 73.7 Å². The Hall–Kier alpha value is -2.83. The summed E-state index contributed by atoms with van der Waals surface area (Å²) in [7, 11) is 0. The lowest BCUT2D eigenvalue weighted by Gasteiger charge is -2.40. The van der Waals surface area contributed by atoms with E-state index in [0.717, 1.165) is 0 Å². The number of imide groups is 1. The number of anilines is 1. The van der Waals surface area contributed by atoms with Gasteiger partial charge in [0.15, 0.2) is 0 Å². The lowest BCUT2D eigenvalue weighted by molar-refractivity contribution is -0.137. The lowest BCUT2D eigenvalue weighted by atomic mass is 9.89. The van der Waals surface area contributed by atoms with Crippen molar-refractivity contribution in [1.29, 1.82) is 0 Å². The van der Waals surface area contributed by atoms with Gasteiger partial charge in [0, 0.05) is 61.4 Å². The van der Waals surface area contributed by atoms with E-state index in [9.17, 15) is 40.7 Å². The van der Waals surface area contributed by atoms with E-state index in [1.807, 2.05) is 4.90 Å². The largest absolute Gasteiger partial charge is 0.390 e. The van der Waals surface area contributed by atoms with E-state index < -0.39 is 43.1 Å². The average Bonchev–Trinajstić information content (AvgIpc) is 3.18. The molecule has 2 heterocycles. The Labute approximate surface area is 222 Å². The number of nitrogens with zero attached hydrogens (tertiary/aromatic N) is 2. The van der Waals surface area contributed by atoms with Crippen LogP contribution in [0.4, 0.5) is 32.0 Å². The molecule has 2 fully saturated rings. The van der Waals surface area contributed by atoms with Gasteiger partial charge in [0.2, 0.25) is 11.8 Å². The molecule has 3 amide bonds. The van der Waals surface area contributed by atoms with Gasteiger partial charge in [0.05, 0.1) is 6.42 Å². The second-order valence-electron chi connectivity index (χ2n) is 10.4. The Morgan fingerprint density at radius 3 is 2.28 bits per heavy atom. The predicted octanol–water partition coefficient (Wildman–Crippen LogP) is 4.45. The van der Waals surface area contributed by atoms with Gasteiger partial charge in [-0.3, -0.25) is 19.7 Å². The Morgan fingerprint density at radius 1 is 0.949 bits per heavy atom. The fourth-order valence-corrected chi connectivity index (χ4v) is 5.80. The molecule has 0 spiro atoms. The van der Waals surface area contributed by atoms with Crippen molar-refractivity contribution in [3.8, 4) is 0 Å². The minimum Gasteiger partial charge on any atom is -0.368 e. The quantitative estimate of drug-likeness (QED) is 0.344. The summed E-state index contributed by atoms with van der Waals surface area (Å²) in [4.78, 5) is 40.6. The van der Waals surface area contributed by atoms with Crippen LogP contribution in [0.3, 0.4) is 0 Å². The molecule has 13 heteroatoms. The Bertz CT molecular complexity index is 1070. The number of hydrogen-bond donors (Lipinski definition) is 2. The van der Waals surface area contributed by atoms with Crippen LogP contribution in [-0.2, 0) is 16.1 Å². The normalized spacial score (nSPS) is 24.1. The zero-order valence-corrected chi connectivity index (χ0v) is 21.3. The van der Waals surface area contributed by atoms with Crippen LogP contribution < -0.4 is 15.5 Å². The summed E-state index contributed by atoms with van der Waals surface area (Å²) in [6.45, 7) is 0.0126. The van der Waals surface area contributed by atoms with Crippen LogP contribution in [0.15, 0.2) is 18.2 Å². The summed E-state index contributed by atoms with van der Waals surface area (Å²) in [6.07, 6.45) is -8.00. The van der Waals surface area contributed by atoms with E-state index in [0.29, 0.717) is 42.5 Å². The third-order valence-corrected chi connectivity index (χ3v) is 7.71. The maximum atomic E-state index is 13.2. The number of rotatable bonds is 9. The fourth-order valence-electron chi connectivity index (χ4n) is 5.80. The fraction of sp³-hybridized carbons (Fsp3) is 0.654. The van der Waals surface area contributed by atoms with Gasteiger partial charge in [-0.05, 0) is 50.7 Å². The van der Waals surface area contributed by atoms with Crippen molar-refractivity contribution in [3.63, 3.8) is 0 Å². The molecule has 0 aromatic heterocycles. The van der Waals surface area contributed by atoms with Crippen LogP contribution >= 0.6 is 0 Å². The second-order valence-corrected chi connectivity index (χ2v) is 10.4. The minimum atomic E-state index is -4.32. The van der Waals surface area contributed by atoms with Gasteiger partial charge in [0.25, 0.3) is 5.91 Å². The Balaban J connectivity index is 1.50. The Kier molecular flexibility index (Phi) is 8.77. The van der Waals surface area contributed by atoms with Crippen molar-refractivity contribution in [2.24, 2.45) is 0 Å². The average molecular weight is 563 g/mol. The molecule has 1 aromatic carbocycles. The standard InChI is InChI=1S/C26H32F6N4O3/c27-25(28,29)11-2-14-35(17-7-5-16(6-8-17)33-13-12-26(30,31)32)20-4-1-3-18-19(20)15-36(24(18)39)21-9-10-22(37)34-23(21)38/h1,3-4,16-17,21,33H,2,5-15H2,(H,34,37,38). The molecule has 1 unspecified atom stereocenters. The van der Waals surface area contributed by atoms with E-state index in [1.54, 1.807) is 18.2 Å². The molecule has 1 aliphatic carbocycles. The molecule has 4 rings (SSSR count). The molecule has 0 radical (unpaired) electrons. The van der Waals surface area contributed by atoms with E-state index in [-0.39, 0.29) is 56.9 Å². The van der Waals surface area contributed by atoms with E-state index in [2.05, 4.69) is 10.6 Å². The van der Waals surface area contributed by atoms with Gasteiger partial charge in [-0.15, -0.1) is 0 Å². The molecule has 2 N–H and O–H groups in total. The summed E-state index contributed by atoms with van der Waals surface area (Å²) < 4.78 is 76.4. The number of carbonyl (C=O) groups is 3. The minimum absolute atomic E-state index is 0.0966. The molecule has 1 saturated heterocycles. The van der Waals surface area contributed by atoms with Crippen LogP contribution in [0.5, 0.6) is 0 Å². The smallest absolute Gasteiger partial charge is 0.368 e. The lowest BCUT2D eigenvalue weighted by Crippen LogP contribution is -2.52. The number of carbonyl (C=O) groups excluding carboxylic acids is 3. The molecule has 3 aliphatic rings. The van der Waals surface area contributed by atoms with Crippen molar-refractivity contribution in [2.45, 2.75) is 94.8 Å². The number of nitrogens with one attached hydrogen (secondary N) is 2.